The van der Waals surface area contributed by atoms with Gasteiger partial charge in [0, 0.05) is 43.4 Å². The second-order valence-electron chi connectivity index (χ2n) is 5.50. The summed E-state index contributed by atoms with van der Waals surface area (Å²) in [6, 6.07) is 6.32. The zero-order chi connectivity index (χ0) is 15.4. The molecule has 1 unspecified atom stereocenters. The minimum atomic E-state index is -0.458. The first-order chi connectivity index (χ1) is 10.0. The molecule has 1 aromatic rings. The van der Waals surface area contributed by atoms with Gasteiger partial charge < -0.3 is 4.90 Å². The maximum atomic E-state index is 12.2. The van der Waals surface area contributed by atoms with Gasteiger partial charge in [-0.25, -0.2) is 0 Å². The average Bonchev–Trinajstić information content (AvgIpc) is 2.49. The van der Waals surface area contributed by atoms with Gasteiger partial charge in [-0.3, -0.25) is 19.8 Å². The van der Waals surface area contributed by atoms with Crippen LogP contribution in [-0.2, 0) is 0 Å². The molecule has 6 heteroatoms. The quantitative estimate of drug-likeness (QED) is 0.470. The molecule has 0 spiro atoms. The average molecular weight is 291 g/mol. The number of hydrogen-bond donors (Lipinski definition) is 0. The molecule has 1 saturated heterocycles. The molecule has 2 rings (SSSR count). The fourth-order valence-corrected chi connectivity index (χ4v) is 2.66. The SMILES string of the molecule is CCC1CN(CC(=O)c2ccc([N+](=O)[O-])cc2)CCN1C. The van der Waals surface area contributed by atoms with Gasteiger partial charge in [-0.2, -0.15) is 0 Å². The molecule has 0 aromatic heterocycles. The summed E-state index contributed by atoms with van der Waals surface area (Å²) in [7, 11) is 2.11. The van der Waals surface area contributed by atoms with Gasteiger partial charge >= 0.3 is 0 Å². The van der Waals surface area contributed by atoms with Crippen molar-refractivity contribution in [3.63, 3.8) is 0 Å². The summed E-state index contributed by atoms with van der Waals surface area (Å²) in [5.41, 5.74) is 0.546. The highest BCUT2D eigenvalue weighted by Gasteiger charge is 2.24. The van der Waals surface area contributed by atoms with Crippen molar-refractivity contribution in [1.82, 2.24) is 9.80 Å². The zero-order valence-electron chi connectivity index (χ0n) is 12.5. The number of Topliss-reactive ketones (excluding diaryl/α,β-unsaturated/α-hetero) is 1. The van der Waals surface area contributed by atoms with Gasteiger partial charge in [-0.15, -0.1) is 0 Å². The Balaban J connectivity index is 1.96. The van der Waals surface area contributed by atoms with E-state index in [4.69, 9.17) is 0 Å². The highest BCUT2D eigenvalue weighted by Crippen LogP contribution is 2.14. The Kier molecular flexibility index (Phi) is 5.03. The molecule has 1 fully saturated rings. The molecule has 1 aliphatic heterocycles. The van der Waals surface area contributed by atoms with Gasteiger partial charge in [-0.1, -0.05) is 6.92 Å². The van der Waals surface area contributed by atoms with E-state index < -0.39 is 4.92 Å². The highest BCUT2D eigenvalue weighted by molar-refractivity contribution is 5.97. The molecule has 114 valence electrons. The molecular formula is C15H21N3O3. The standard InChI is InChI=1S/C15H21N3O3/c1-3-13-10-17(9-8-16(13)2)11-15(19)12-4-6-14(7-5-12)18(20)21/h4-7,13H,3,8-11H2,1-2H3. The molecule has 0 bridgehead atoms. The Labute approximate surface area is 124 Å². The molecule has 21 heavy (non-hydrogen) atoms. The van der Waals surface area contributed by atoms with Crippen molar-refractivity contribution in [3.05, 3.63) is 39.9 Å². The summed E-state index contributed by atoms with van der Waals surface area (Å²) in [6.45, 7) is 5.27. The van der Waals surface area contributed by atoms with Gasteiger partial charge in [0.25, 0.3) is 5.69 Å². The minimum Gasteiger partial charge on any atom is -0.301 e. The first-order valence-electron chi connectivity index (χ1n) is 7.21. The van der Waals surface area contributed by atoms with Crippen LogP contribution in [0.25, 0.3) is 0 Å². The van der Waals surface area contributed by atoms with Crippen LogP contribution in [0, 0.1) is 10.1 Å². The van der Waals surface area contributed by atoms with E-state index in [1.54, 1.807) is 0 Å². The summed E-state index contributed by atoms with van der Waals surface area (Å²) in [5, 5.41) is 10.6. The summed E-state index contributed by atoms with van der Waals surface area (Å²) >= 11 is 0. The first kappa shape index (κ1) is 15.6. The zero-order valence-corrected chi connectivity index (χ0v) is 12.5. The van der Waals surface area contributed by atoms with E-state index in [-0.39, 0.29) is 11.5 Å². The number of ketones is 1. The third-order valence-corrected chi connectivity index (χ3v) is 4.10. The smallest absolute Gasteiger partial charge is 0.269 e. The fraction of sp³-hybridized carbons (Fsp3) is 0.533. The third-order valence-electron chi connectivity index (χ3n) is 4.10. The summed E-state index contributed by atoms with van der Waals surface area (Å²) in [5.74, 6) is 0.0179. The Bertz CT molecular complexity index is 515. The number of nitro groups is 1. The van der Waals surface area contributed by atoms with Crippen molar-refractivity contribution >= 4 is 11.5 Å². The van der Waals surface area contributed by atoms with Crippen LogP contribution in [0.2, 0.25) is 0 Å². The predicted molar refractivity (Wildman–Crippen MR) is 80.6 cm³/mol. The number of likely N-dealkylation sites (N-methyl/N-ethyl adjacent to an activating group) is 1. The summed E-state index contributed by atoms with van der Waals surface area (Å²) < 4.78 is 0. The molecule has 6 nitrogen and oxygen atoms in total. The third kappa shape index (κ3) is 3.86. The van der Waals surface area contributed by atoms with E-state index in [1.165, 1.54) is 24.3 Å². The Morgan fingerprint density at radius 2 is 2.00 bits per heavy atom. The van der Waals surface area contributed by atoms with Crippen LogP contribution in [-0.4, -0.2) is 59.8 Å². The van der Waals surface area contributed by atoms with E-state index in [0.717, 1.165) is 26.1 Å². The number of benzene rings is 1. The van der Waals surface area contributed by atoms with Crippen molar-refractivity contribution in [3.8, 4) is 0 Å². The first-order valence-corrected chi connectivity index (χ1v) is 7.21. The molecule has 0 aliphatic carbocycles. The number of nitrogens with zero attached hydrogens (tertiary/aromatic N) is 3. The number of non-ortho nitro benzene ring substituents is 1. The van der Waals surface area contributed by atoms with Gasteiger partial charge in [0.1, 0.15) is 0 Å². The molecular weight excluding hydrogens is 270 g/mol. The van der Waals surface area contributed by atoms with E-state index in [2.05, 4.69) is 23.8 Å². The number of rotatable bonds is 5. The maximum absolute atomic E-state index is 12.2. The molecule has 0 saturated carbocycles. The van der Waals surface area contributed by atoms with E-state index in [1.807, 2.05) is 0 Å². The van der Waals surface area contributed by atoms with Gasteiger partial charge in [0.05, 0.1) is 11.5 Å². The van der Waals surface area contributed by atoms with E-state index in [9.17, 15) is 14.9 Å². The van der Waals surface area contributed by atoms with Gasteiger partial charge in [-0.05, 0) is 25.6 Å². The Morgan fingerprint density at radius 1 is 1.33 bits per heavy atom. The van der Waals surface area contributed by atoms with Crippen molar-refractivity contribution in [2.24, 2.45) is 0 Å². The van der Waals surface area contributed by atoms with Crippen LogP contribution >= 0.6 is 0 Å². The topological polar surface area (TPSA) is 66.7 Å². The largest absolute Gasteiger partial charge is 0.301 e. The number of nitro benzene ring substituents is 1. The van der Waals surface area contributed by atoms with Crippen molar-refractivity contribution in [2.45, 2.75) is 19.4 Å². The summed E-state index contributed by atoms with van der Waals surface area (Å²) in [4.78, 5) is 26.9. The lowest BCUT2D eigenvalue weighted by Crippen LogP contribution is -2.52. The Hall–Kier alpha value is -1.79. The normalized spacial score (nSPS) is 20.4. The molecule has 1 aromatic carbocycles. The van der Waals surface area contributed by atoms with Crippen LogP contribution in [0.1, 0.15) is 23.7 Å². The minimum absolute atomic E-state index is 0.0113. The molecule has 0 radical (unpaired) electrons. The highest BCUT2D eigenvalue weighted by atomic mass is 16.6. The molecule has 1 heterocycles. The number of carbonyl (C=O) groups excluding carboxylic acids is 1. The monoisotopic (exact) mass is 291 g/mol. The van der Waals surface area contributed by atoms with Crippen molar-refractivity contribution in [1.29, 1.82) is 0 Å². The molecule has 1 aliphatic rings. The van der Waals surface area contributed by atoms with Gasteiger partial charge in [0.15, 0.2) is 5.78 Å². The van der Waals surface area contributed by atoms with E-state index in [0.29, 0.717) is 18.2 Å². The second kappa shape index (κ2) is 6.78. The lowest BCUT2D eigenvalue weighted by atomic mass is 10.1. The van der Waals surface area contributed by atoms with Gasteiger partial charge in [0.2, 0.25) is 0 Å². The molecule has 0 amide bonds. The van der Waals surface area contributed by atoms with Crippen molar-refractivity contribution < 1.29 is 9.72 Å². The molecule has 0 N–H and O–H groups in total. The summed E-state index contributed by atoms with van der Waals surface area (Å²) in [6.07, 6.45) is 1.07. The van der Waals surface area contributed by atoms with E-state index >= 15 is 0 Å². The lowest BCUT2D eigenvalue weighted by molar-refractivity contribution is -0.384. The van der Waals surface area contributed by atoms with Crippen molar-refractivity contribution in [2.75, 3.05) is 33.2 Å². The number of carbonyl (C=O) groups is 1. The number of hydrogen-bond acceptors (Lipinski definition) is 5. The maximum Gasteiger partial charge on any atom is 0.269 e. The Morgan fingerprint density at radius 3 is 2.57 bits per heavy atom. The van der Waals surface area contributed by atoms with Crippen LogP contribution in [0.4, 0.5) is 5.69 Å². The van der Waals surface area contributed by atoms with Crippen LogP contribution in [0.3, 0.4) is 0 Å². The molecule has 1 atom stereocenters. The number of piperazine rings is 1. The van der Waals surface area contributed by atoms with Crippen LogP contribution in [0.15, 0.2) is 24.3 Å². The van der Waals surface area contributed by atoms with Crippen LogP contribution in [0.5, 0.6) is 0 Å². The van der Waals surface area contributed by atoms with Crippen LogP contribution < -0.4 is 0 Å². The fourth-order valence-electron chi connectivity index (χ4n) is 2.66. The second-order valence-corrected chi connectivity index (χ2v) is 5.50. The lowest BCUT2D eigenvalue weighted by Gasteiger charge is -2.38. The predicted octanol–water partition coefficient (Wildman–Crippen LogP) is 1.80.